The summed E-state index contributed by atoms with van der Waals surface area (Å²) in [6.07, 6.45) is 0. The summed E-state index contributed by atoms with van der Waals surface area (Å²) < 4.78 is 2.05. The van der Waals surface area contributed by atoms with Gasteiger partial charge in [0, 0.05) is 11.4 Å². The average molecular weight is 535 g/mol. The van der Waals surface area contributed by atoms with Gasteiger partial charge in [-0.15, -0.1) is 0 Å². The van der Waals surface area contributed by atoms with Crippen molar-refractivity contribution in [3.63, 3.8) is 0 Å². The number of benzene rings is 2. The normalized spacial score (nSPS) is 12.6. The van der Waals surface area contributed by atoms with E-state index in [1.807, 2.05) is 37.7 Å². The van der Waals surface area contributed by atoms with E-state index < -0.39 is 0 Å². The lowest BCUT2D eigenvalue weighted by Gasteiger charge is -2.32. The zero-order chi connectivity index (χ0) is 30.1. The Morgan fingerprint density at radius 3 is 1.08 bits per heavy atom. The van der Waals surface area contributed by atoms with Gasteiger partial charge in [0.15, 0.2) is 0 Å². The van der Waals surface area contributed by atoms with Crippen LogP contribution in [0.4, 0.5) is 11.4 Å². The Morgan fingerprint density at radius 2 is 0.872 bits per heavy atom. The Bertz CT molecular complexity index is 1070. The molecular weight excluding hydrogens is 478 g/mol. The van der Waals surface area contributed by atoms with Crippen molar-refractivity contribution in [2.75, 3.05) is 38.8 Å². The predicted octanol–water partition coefficient (Wildman–Crippen LogP) is 7.95. The molecule has 216 valence electrons. The van der Waals surface area contributed by atoms with E-state index in [0.717, 1.165) is 17.3 Å². The minimum Gasteiger partial charge on any atom is -0.311 e. The molecule has 0 amide bonds. The summed E-state index contributed by atoms with van der Waals surface area (Å²) in [7, 11) is 8.13. The summed E-state index contributed by atoms with van der Waals surface area (Å²) in [5.74, 6) is 1.55. The lowest BCUT2D eigenvalue weighted by Crippen LogP contribution is -2.35. The van der Waals surface area contributed by atoms with E-state index in [4.69, 9.17) is 4.99 Å². The highest BCUT2D eigenvalue weighted by Gasteiger charge is 2.30. The Labute approximate surface area is 239 Å². The van der Waals surface area contributed by atoms with Crippen LogP contribution in [0.15, 0.2) is 41.4 Å². The second-order valence-corrected chi connectivity index (χ2v) is 15.3. The lowest BCUT2D eigenvalue weighted by molar-refractivity contribution is -0.470. The van der Waals surface area contributed by atoms with Crippen LogP contribution in [-0.4, -0.2) is 49.6 Å². The average Bonchev–Trinajstić information content (AvgIpc) is 2.74. The van der Waals surface area contributed by atoms with E-state index in [-0.39, 0.29) is 21.7 Å². The van der Waals surface area contributed by atoms with Crippen molar-refractivity contribution < 1.29 is 4.58 Å². The molecular formula is C34H56N5+. The highest BCUT2D eigenvalue weighted by molar-refractivity contribution is 6.10. The highest BCUT2D eigenvalue weighted by atomic mass is 15.3. The summed E-state index contributed by atoms with van der Waals surface area (Å²) in [4.78, 5) is 7.27. The number of aliphatic imine (C=N–C) groups is 1. The molecule has 0 aliphatic heterocycles. The van der Waals surface area contributed by atoms with Crippen LogP contribution >= 0.6 is 0 Å². The maximum atomic E-state index is 5.22. The van der Waals surface area contributed by atoms with Gasteiger partial charge in [-0.2, -0.15) is 0 Å². The third-order valence-electron chi connectivity index (χ3n) is 6.86. The molecule has 0 saturated carbocycles. The summed E-state index contributed by atoms with van der Waals surface area (Å²) in [6.45, 7) is 27.3. The van der Waals surface area contributed by atoms with Crippen LogP contribution in [0.2, 0.25) is 0 Å². The fraction of sp³-hybridized carbons (Fsp3) is 0.588. The van der Waals surface area contributed by atoms with Crippen molar-refractivity contribution in [3.8, 4) is 0 Å². The van der Waals surface area contributed by atoms with Gasteiger partial charge in [0.05, 0.1) is 28.2 Å². The molecule has 5 heteroatoms. The minimum atomic E-state index is -0.0514. The van der Waals surface area contributed by atoms with Gasteiger partial charge in [-0.1, -0.05) is 119 Å². The molecule has 0 fully saturated rings. The predicted molar refractivity (Wildman–Crippen MR) is 173 cm³/mol. The SMILES string of the molecule is CN(C)C(N=C(Nc1c(C(C)(C)C)cccc1C(C)(C)C)Nc1c(C(C)(C)C)cccc1C(C)(C)C)=[N+](C)C. The third-order valence-corrected chi connectivity index (χ3v) is 6.86. The van der Waals surface area contributed by atoms with Crippen LogP contribution < -0.4 is 10.6 Å². The third kappa shape index (κ3) is 8.09. The van der Waals surface area contributed by atoms with Gasteiger partial charge >= 0.3 is 5.96 Å². The molecule has 0 radical (unpaired) electrons. The van der Waals surface area contributed by atoms with E-state index in [2.05, 4.69) is 130 Å². The molecule has 0 unspecified atom stereocenters. The van der Waals surface area contributed by atoms with Gasteiger partial charge in [0.1, 0.15) is 0 Å². The molecule has 0 aliphatic rings. The highest BCUT2D eigenvalue weighted by Crippen LogP contribution is 2.40. The van der Waals surface area contributed by atoms with E-state index >= 15 is 0 Å². The monoisotopic (exact) mass is 534 g/mol. The van der Waals surface area contributed by atoms with Crippen molar-refractivity contribution in [1.29, 1.82) is 0 Å². The van der Waals surface area contributed by atoms with Crippen molar-refractivity contribution in [2.24, 2.45) is 4.99 Å². The number of rotatable bonds is 2. The number of hydrogen-bond acceptors (Lipinski definition) is 0. The van der Waals surface area contributed by atoms with E-state index in [9.17, 15) is 0 Å². The standard InChI is InChI=1S/C34H55N5/c1-31(2,3)23-19-17-20-24(32(4,5)6)27(23)35-29(37-30(38(13)14)39(15)16)36-28-25(33(7,8)9)21-18-22-26(28)34(10,11)12/h17-22H,1-16H3,(H,35,36)/p+1. The Kier molecular flexibility index (Phi) is 9.43. The van der Waals surface area contributed by atoms with Crippen LogP contribution in [0.5, 0.6) is 0 Å². The fourth-order valence-corrected chi connectivity index (χ4v) is 4.90. The van der Waals surface area contributed by atoms with Crippen LogP contribution in [0.25, 0.3) is 0 Å². The molecule has 2 rings (SSSR count). The van der Waals surface area contributed by atoms with Crippen LogP contribution in [-0.2, 0) is 21.7 Å². The maximum absolute atomic E-state index is 5.22. The second-order valence-electron chi connectivity index (χ2n) is 15.3. The van der Waals surface area contributed by atoms with Gasteiger partial charge in [-0.3, -0.25) is 9.48 Å². The number of anilines is 2. The molecule has 39 heavy (non-hydrogen) atoms. The number of guanidine groups is 2. The Balaban J connectivity index is 2.95. The largest absolute Gasteiger partial charge is 0.392 e. The molecule has 0 aromatic heterocycles. The van der Waals surface area contributed by atoms with Crippen molar-refractivity contribution in [3.05, 3.63) is 58.7 Å². The smallest absolute Gasteiger partial charge is 0.311 e. The molecule has 0 heterocycles. The van der Waals surface area contributed by atoms with Gasteiger partial charge in [-0.05, 0) is 48.9 Å². The Hall–Kier alpha value is -2.82. The zero-order valence-electron chi connectivity index (χ0n) is 27.8. The topological polar surface area (TPSA) is 42.7 Å². The minimum absolute atomic E-state index is 0.0514. The first-order valence-electron chi connectivity index (χ1n) is 14.2. The van der Waals surface area contributed by atoms with Gasteiger partial charge in [0.2, 0.25) is 0 Å². The first kappa shape index (κ1) is 32.4. The molecule has 2 aromatic rings. The number of nitrogens with one attached hydrogen (secondary N) is 2. The quantitative estimate of drug-likeness (QED) is 0.233. The molecule has 0 bridgehead atoms. The molecule has 0 saturated heterocycles. The summed E-state index contributed by atoms with van der Waals surface area (Å²) in [5, 5.41) is 7.68. The van der Waals surface area contributed by atoms with E-state index in [0.29, 0.717) is 5.96 Å². The molecule has 2 N–H and O–H groups in total. The summed E-state index contributed by atoms with van der Waals surface area (Å²) in [5.41, 5.74) is 7.09. The van der Waals surface area contributed by atoms with Crippen molar-refractivity contribution in [1.82, 2.24) is 4.90 Å². The van der Waals surface area contributed by atoms with Crippen LogP contribution in [0, 0.1) is 0 Å². The maximum Gasteiger partial charge on any atom is 0.392 e. The molecule has 5 nitrogen and oxygen atoms in total. The Morgan fingerprint density at radius 1 is 0.590 bits per heavy atom. The van der Waals surface area contributed by atoms with E-state index in [1.54, 1.807) is 0 Å². The first-order chi connectivity index (χ1) is 17.5. The lowest BCUT2D eigenvalue weighted by atomic mass is 9.78. The van der Waals surface area contributed by atoms with Crippen LogP contribution in [0.1, 0.15) is 105 Å². The van der Waals surface area contributed by atoms with Crippen molar-refractivity contribution in [2.45, 2.75) is 105 Å². The molecule has 2 aromatic carbocycles. The number of para-hydroxylation sites is 2. The van der Waals surface area contributed by atoms with Crippen molar-refractivity contribution >= 4 is 23.3 Å². The number of nitrogens with zero attached hydrogens (tertiary/aromatic N) is 3. The fourth-order valence-electron chi connectivity index (χ4n) is 4.90. The van der Waals surface area contributed by atoms with E-state index in [1.165, 1.54) is 22.3 Å². The zero-order valence-corrected chi connectivity index (χ0v) is 27.8. The second kappa shape index (κ2) is 11.3. The molecule has 0 aliphatic carbocycles. The summed E-state index contributed by atoms with van der Waals surface area (Å²) >= 11 is 0. The number of hydrogen-bond donors (Lipinski definition) is 2. The first-order valence-corrected chi connectivity index (χ1v) is 14.2. The van der Waals surface area contributed by atoms with Crippen LogP contribution in [0.3, 0.4) is 0 Å². The summed E-state index contributed by atoms with van der Waals surface area (Å²) in [6, 6.07) is 13.3. The van der Waals surface area contributed by atoms with Gasteiger partial charge in [0.25, 0.3) is 5.96 Å². The van der Waals surface area contributed by atoms with Gasteiger partial charge < -0.3 is 10.6 Å². The van der Waals surface area contributed by atoms with Gasteiger partial charge in [-0.25, -0.2) is 0 Å². The molecule has 0 spiro atoms. The molecule has 0 atom stereocenters.